The molecule has 1 aromatic carbocycles. The second kappa shape index (κ2) is 8.39. The maximum absolute atomic E-state index is 12.6. The van der Waals surface area contributed by atoms with Crippen LogP contribution in [0.1, 0.15) is 37.7 Å². The number of hydrogen-bond acceptors (Lipinski definition) is 3. The Labute approximate surface area is 156 Å². The topological polar surface area (TPSA) is 47.4 Å². The molecule has 1 unspecified atom stereocenters. The summed E-state index contributed by atoms with van der Waals surface area (Å²) in [5.74, 6) is 2.59. The fraction of sp³-hybridized carbons (Fsp3) is 0.524. The van der Waals surface area contributed by atoms with E-state index in [1.807, 2.05) is 48.4 Å². The number of piperidine rings is 1. The monoisotopic (exact) mass is 355 g/mol. The van der Waals surface area contributed by atoms with E-state index in [-0.39, 0.29) is 5.91 Å². The van der Waals surface area contributed by atoms with E-state index in [1.54, 1.807) is 0 Å². The lowest BCUT2D eigenvalue weighted by atomic mass is 9.93. The number of carbonyl (C=O) groups is 1. The minimum Gasteiger partial charge on any atom is -0.481 e. The molecule has 0 spiro atoms. The van der Waals surface area contributed by atoms with Gasteiger partial charge in [0.05, 0.1) is 0 Å². The van der Waals surface area contributed by atoms with Crippen molar-refractivity contribution in [2.75, 3.05) is 13.1 Å². The van der Waals surface area contributed by atoms with Crippen LogP contribution in [0.5, 0.6) is 5.75 Å². The van der Waals surface area contributed by atoms with Crippen LogP contribution < -0.4 is 4.74 Å². The van der Waals surface area contributed by atoms with E-state index in [4.69, 9.17) is 4.74 Å². The Bertz CT molecular complexity index is 699. The molecule has 5 nitrogen and oxygen atoms in total. The van der Waals surface area contributed by atoms with Gasteiger partial charge in [0.25, 0.3) is 5.91 Å². The summed E-state index contributed by atoms with van der Waals surface area (Å²) in [7, 11) is 0. The molecule has 1 atom stereocenters. The van der Waals surface area contributed by atoms with Crippen LogP contribution in [0.3, 0.4) is 0 Å². The molecule has 1 aliphatic rings. The highest BCUT2D eigenvalue weighted by atomic mass is 16.5. The number of likely N-dealkylation sites (tertiary alicyclic amines) is 1. The molecule has 140 valence electrons. The predicted molar refractivity (Wildman–Crippen MR) is 102 cm³/mol. The van der Waals surface area contributed by atoms with Gasteiger partial charge in [-0.3, -0.25) is 4.79 Å². The summed E-state index contributed by atoms with van der Waals surface area (Å²) in [5, 5.41) is 0. The van der Waals surface area contributed by atoms with Crippen molar-refractivity contribution in [3.8, 4) is 5.75 Å². The molecule has 1 amide bonds. The summed E-state index contributed by atoms with van der Waals surface area (Å²) >= 11 is 0. The highest BCUT2D eigenvalue weighted by molar-refractivity contribution is 5.81. The fourth-order valence-corrected chi connectivity index (χ4v) is 3.68. The Hall–Kier alpha value is -2.30. The number of amides is 1. The molecule has 1 fully saturated rings. The first-order valence-corrected chi connectivity index (χ1v) is 9.54. The van der Waals surface area contributed by atoms with E-state index < -0.39 is 6.10 Å². The minimum absolute atomic E-state index is 0.0913. The van der Waals surface area contributed by atoms with Crippen LogP contribution in [0.2, 0.25) is 0 Å². The van der Waals surface area contributed by atoms with Crippen molar-refractivity contribution in [1.82, 2.24) is 14.5 Å². The van der Waals surface area contributed by atoms with Crippen LogP contribution in [0, 0.1) is 19.8 Å². The van der Waals surface area contributed by atoms with Crippen molar-refractivity contribution in [3.63, 3.8) is 0 Å². The summed E-state index contributed by atoms with van der Waals surface area (Å²) in [6.45, 7) is 8.68. The Morgan fingerprint density at radius 1 is 1.23 bits per heavy atom. The van der Waals surface area contributed by atoms with Crippen molar-refractivity contribution < 1.29 is 9.53 Å². The first kappa shape index (κ1) is 18.5. The molecule has 5 heteroatoms. The number of ether oxygens (including phenoxy) is 1. The zero-order valence-corrected chi connectivity index (χ0v) is 16.0. The molecule has 1 saturated heterocycles. The number of hydrogen-bond donors (Lipinski definition) is 0. The number of carbonyl (C=O) groups excluding carboxylic acids is 1. The summed E-state index contributed by atoms with van der Waals surface area (Å²) in [6.07, 6.45) is 4.78. The third kappa shape index (κ3) is 4.45. The van der Waals surface area contributed by atoms with Crippen molar-refractivity contribution in [3.05, 3.63) is 48.0 Å². The zero-order valence-electron chi connectivity index (χ0n) is 16.0. The Morgan fingerprint density at radius 2 is 1.92 bits per heavy atom. The first-order chi connectivity index (χ1) is 12.5. The molecule has 1 aliphatic heterocycles. The van der Waals surface area contributed by atoms with Gasteiger partial charge in [0.2, 0.25) is 0 Å². The van der Waals surface area contributed by atoms with Gasteiger partial charge in [0, 0.05) is 31.5 Å². The third-order valence-corrected chi connectivity index (χ3v) is 5.35. The van der Waals surface area contributed by atoms with Gasteiger partial charge in [-0.05, 0) is 58.1 Å². The van der Waals surface area contributed by atoms with Crippen LogP contribution in [-0.4, -0.2) is 39.6 Å². The quantitative estimate of drug-likeness (QED) is 0.795. The third-order valence-electron chi connectivity index (χ3n) is 5.35. The van der Waals surface area contributed by atoms with Crippen molar-refractivity contribution in [2.24, 2.45) is 5.92 Å². The molecule has 0 bridgehead atoms. The van der Waals surface area contributed by atoms with Crippen LogP contribution in [0.4, 0.5) is 0 Å². The lowest BCUT2D eigenvalue weighted by molar-refractivity contribution is -0.139. The average molecular weight is 355 g/mol. The largest absolute Gasteiger partial charge is 0.481 e. The average Bonchev–Trinajstić information content (AvgIpc) is 2.98. The van der Waals surface area contributed by atoms with E-state index >= 15 is 0 Å². The molecule has 2 aromatic rings. The lowest BCUT2D eigenvalue weighted by Crippen LogP contribution is -2.44. The fourth-order valence-electron chi connectivity index (χ4n) is 3.68. The highest BCUT2D eigenvalue weighted by Crippen LogP contribution is 2.23. The van der Waals surface area contributed by atoms with E-state index in [0.717, 1.165) is 50.5 Å². The smallest absolute Gasteiger partial charge is 0.263 e. The molecule has 3 rings (SSSR count). The molecule has 2 heterocycles. The number of para-hydroxylation sites is 1. The molecule has 0 aliphatic carbocycles. The van der Waals surface area contributed by atoms with Crippen molar-refractivity contribution in [2.45, 2.75) is 52.7 Å². The SMILES string of the molecule is Cc1cnc(C)n1CCC1CCN(C(=O)C(C)Oc2ccccc2)CC1. The normalized spacial score (nSPS) is 16.5. The van der Waals surface area contributed by atoms with E-state index in [2.05, 4.69) is 23.4 Å². The second-order valence-corrected chi connectivity index (χ2v) is 7.23. The van der Waals surface area contributed by atoms with Crippen LogP contribution in [0.15, 0.2) is 36.5 Å². The number of nitrogens with zero attached hydrogens (tertiary/aromatic N) is 3. The van der Waals surface area contributed by atoms with Crippen molar-refractivity contribution >= 4 is 5.91 Å². The van der Waals surface area contributed by atoms with E-state index in [9.17, 15) is 4.79 Å². The molecular formula is C21H29N3O2. The number of aromatic nitrogens is 2. The zero-order chi connectivity index (χ0) is 18.5. The summed E-state index contributed by atoms with van der Waals surface area (Å²) in [4.78, 5) is 19.0. The van der Waals surface area contributed by atoms with E-state index in [1.165, 1.54) is 5.69 Å². The summed E-state index contributed by atoms with van der Waals surface area (Å²) < 4.78 is 8.06. The molecule has 26 heavy (non-hydrogen) atoms. The van der Waals surface area contributed by atoms with Gasteiger partial charge in [-0.15, -0.1) is 0 Å². The van der Waals surface area contributed by atoms with E-state index in [0.29, 0.717) is 5.92 Å². The summed E-state index contributed by atoms with van der Waals surface area (Å²) in [5.41, 5.74) is 1.22. The predicted octanol–water partition coefficient (Wildman–Crippen LogP) is 3.60. The summed E-state index contributed by atoms with van der Waals surface area (Å²) in [6, 6.07) is 9.55. The standard InChI is InChI=1S/C21H29N3O2/c1-16-15-22-18(3)24(16)14-11-19-9-12-23(13-10-19)21(25)17(2)26-20-7-5-4-6-8-20/h4-8,15,17,19H,9-14H2,1-3H3. The van der Waals surface area contributed by atoms with Gasteiger partial charge in [0.15, 0.2) is 6.10 Å². The maximum atomic E-state index is 12.6. The molecule has 0 saturated carbocycles. The molecule has 0 radical (unpaired) electrons. The maximum Gasteiger partial charge on any atom is 0.263 e. The van der Waals surface area contributed by atoms with Crippen molar-refractivity contribution in [1.29, 1.82) is 0 Å². The van der Waals surface area contributed by atoms with Crippen LogP contribution >= 0.6 is 0 Å². The Balaban J connectivity index is 1.45. The number of aryl methyl sites for hydroxylation is 2. The van der Waals surface area contributed by atoms with Gasteiger partial charge in [-0.25, -0.2) is 4.98 Å². The van der Waals surface area contributed by atoms with Gasteiger partial charge >= 0.3 is 0 Å². The molecule has 0 N–H and O–H groups in total. The van der Waals surface area contributed by atoms with Crippen LogP contribution in [-0.2, 0) is 11.3 Å². The Kier molecular flexibility index (Phi) is 5.96. The van der Waals surface area contributed by atoms with Crippen LogP contribution in [0.25, 0.3) is 0 Å². The number of imidazole rings is 1. The molecule has 1 aromatic heterocycles. The minimum atomic E-state index is -0.440. The highest BCUT2D eigenvalue weighted by Gasteiger charge is 2.27. The second-order valence-electron chi connectivity index (χ2n) is 7.23. The Morgan fingerprint density at radius 3 is 2.54 bits per heavy atom. The molecular weight excluding hydrogens is 326 g/mol. The van der Waals surface area contributed by atoms with Gasteiger partial charge < -0.3 is 14.2 Å². The van der Waals surface area contributed by atoms with Gasteiger partial charge in [0.1, 0.15) is 11.6 Å². The number of benzene rings is 1. The number of rotatable bonds is 6. The first-order valence-electron chi connectivity index (χ1n) is 9.54. The lowest BCUT2D eigenvalue weighted by Gasteiger charge is -2.33. The van der Waals surface area contributed by atoms with Gasteiger partial charge in [-0.1, -0.05) is 18.2 Å². The van der Waals surface area contributed by atoms with Gasteiger partial charge in [-0.2, -0.15) is 0 Å².